The molecule has 0 aromatic heterocycles. The standard InChI is InChI=1S/C47H34/c1-47(2)45-10-6-5-9-43(45)44-26-25-42(30-46(44)47)35-17-15-34(16-18-35)39-22-24-40-28-38(21-23-41(40)29-39)33-13-11-32(12-14-33)37-20-19-31-7-3-4-8-36(31)27-37/h3-30H,1-2H3. The molecule has 8 aromatic carbocycles. The van der Waals surface area contributed by atoms with Crippen LogP contribution in [-0.4, -0.2) is 0 Å². The smallest absolute Gasteiger partial charge is 0.0159 e. The molecule has 1 aliphatic rings. The third kappa shape index (κ3) is 4.68. The SMILES string of the molecule is CC1(C)c2ccccc2-c2ccc(-c3ccc(-c4ccc5cc(-c6ccc(-c7ccc8ccccc8c7)cc6)ccc5c4)cc3)cc21. The van der Waals surface area contributed by atoms with Gasteiger partial charge in [-0.3, -0.25) is 0 Å². The summed E-state index contributed by atoms with van der Waals surface area (Å²) in [5, 5.41) is 5.05. The number of benzene rings is 8. The van der Waals surface area contributed by atoms with Gasteiger partial charge in [-0.2, -0.15) is 0 Å². The summed E-state index contributed by atoms with van der Waals surface area (Å²) in [5.41, 5.74) is 15.5. The van der Waals surface area contributed by atoms with Gasteiger partial charge in [-0.25, -0.2) is 0 Å². The zero-order valence-electron chi connectivity index (χ0n) is 26.7. The van der Waals surface area contributed by atoms with E-state index in [0.717, 1.165) is 0 Å². The lowest BCUT2D eigenvalue weighted by Gasteiger charge is -2.22. The monoisotopic (exact) mass is 598 g/mol. The quantitative estimate of drug-likeness (QED) is 0.189. The molecule has 47 heavy (non-hydrogen) atoms. The van der Waals surface area contributed by atoms with Crippen LogP contribution in [0.2, 0.25) is 0 Å². The van der Waals surface area contributed by atoms with Gasteiger partial charge in [0.05, 0.1) is 0 Å². The van der Waals surface area contributed by atoms with Crippen molar-refractivity contribution >= 4 is 21.5 Å². The summed E-state index contributed by atoms with van der Waals surface area (Å²) in [6, 6.07) is 62.7. The topological polar surface area (TPSA) is 0 Å². The average molecular weight is 599 g/mol. The van der Waals surface area contributed by atoms with E-state index in [4.69, 9.17) is 0 Å². The van der Waals surface area contributed by atoms with Crippen molar-refractivity contribution in [1.82, 2.24) is 0 Å². The Labute approximate surface area is 276 Å². The summed E-state index contributed by atoms with van der Waals surface area (Å²) in [4.78, 5) is 0. The largest absolute Gasteiger partial charge is 0.0619 e. The first kappa shape index (κ1) is 27.6. The predicted molar refractivity (Wildman–Crippen MR) is 201 cm³/mol. The van der Waals surface area contributed by atoms with E-state index in [1.165, 1.54) is 88.3 Å². The zero-order chi connectivity index (χ0) is 31.5. The third-order valence-electron chi connectivity index (χ3n) is 10.3. The molecule has 0 amide bonds. The van der Waals surface area contributed by atoms with Crippen LogP contribution in [0.15, 0.2) is 170 Å². The van der Waals surface area contributed by atoms with Crippen molar-refractivity contribution < 1.29 is 0 Å². The van der Waals surface area contributed by atoms with Crippen LogP contribution in [0.5, 0.6) is 0 Å². The molecule has 9 rings (SSSR count). The second-order valence-electron chi connectivity index (χ2n) is 13.4. The number of hydrogen-bond donors (Lipinski definition) is 0. The lowest BCUT2D eigenvalue weighted by Crippen LogP contribution is -2.14. The van der Waals surface area contributed by atoms with Gasteiger partial charge < -0.3 is 0 Å². The number of rotatable bonds is 4. The Balaban J connectivity index is 0.960. The minimum absolute atomic E-state index is 0.00811. The van der Waals surface area contributed by atoms with Gasteiger partial charge in [0, 0.05) is 5.41 Å². The zero-order valence-corrected chi connectivity index (χ0v) is 26.7. The van der Waals surface area contributed by atoms with Gasteiger partial charge in [-0.15, -0.1) is 0 Å². The first-order valence-corrected chi connectivity index (χ1v) is 16.5. The lowest BCUT2D eigenvalue weighted by atomic mass is 9.81. The summed E-state index contributed by atoms with van der Waals surface area (Å²) in [5.74, 6) is 0. The number of fused-ring (bicyclic) bond motifs is 5. The van der Waals surface area contributed by atoms with Crippen molar-refractivity contribution in [3.05, 3.63) is 181 Å². The van der Waals surface area contributed by atoms with Crippen molar-refractivity contribution in [1.29, 1.82) is 0 Å². The van der Waals surface area contributed by atoms with E-state index in [9.17, 15) is 0 Å². The summed E-state index contributed by atoms with van der Waals surface area (Å²) < 4.78 is 0. The molecule has 0 aliphatic heterocycles. The van der Waals surface area contributed by atoms with Gasteiger partial charge in [0.25, 0.3) is 0 Å². The molecule has 8 aromatic rings. The Kier molecular flexibility index (Phi) is 6.27. The Morgan fingerprint density at radius 1 is 0.277 bits per heavy atom. The molecule has 0 bridgehead atoms. The van der Waals surface area contributed by atoms with Gasteiger partial charge in [0.2, 0.25) is 0 Å². The van der Waals surface area contributed by atoms with Crippen LogP contribution in [0.1, 0.15) is 25.0 Å². The van der Waals surface area contributed by atoms with E-state index >= 15 is 0 Å². The molecule has 0 fully saturated rings. The highest BCUT2D eigenvalue weighted by atomic mass is 14.4. The van der Waals surface area contributed by atoms with Crippen molar-refractivity contribution in [2.24, 2.45) is 0 Å². The Morgan fingerprint density at radius 3 is 1.19 bits per heavy atom. The molecule has 0 saturated carbocycles. The molecular weight excluding hydrogens is 565 g/mol. The summed E-state index contributed by atoms with van der Waals surface area (Å²) in [6.07, 6.45) is 0. The highest BCUT2D eigenvalue weighted by Crippen LogP contribution is 2.49. The fourth-order valence-corrected chi connectivity index (χ4v) is 7.57. The van der Waals surface area contributed by atoms with Gasteiger partial charge in [-0.05, 0) is 113 Å². The summed E-state index contributed by atoms with van der Waals surface area (Å²) in [6.45, 7) is 4.69. The minimum Gasteiger partial charge on any atom is -0.0619 e. The van der Waals surface area contributed by atoms with Crippen LogP contribution in [0.3, 0.4) is 0 Å². The molecule has 0 N–H and O–H groups in total. The maximum Gasteiger partial charge on any atom is 0.0159 e. The maximum absolute atomic E-state index is 2.40. The first-order valence-electron chi connectivity index (χ1n) is 16.5. The molecule has 0 spiro atoms. The van der Waals surface area contributed by atoms with E-state index in [0.29, 0.717) is 0 Å². The van der Waals surface area contributed by atoms with E-state index in [-0.39, 0.29) is 5.41 Å². The molecule has 0 unspecified atom stereocenters. The molecular formula is C47H34. The molecule has 0 radical (unpaired) electrons. The molecule has 1 aliphatic carbocycles. The Morgan fingerprint density at radius 2 is 0.638 bits per heavy atom. The molecule has 222 valence electrons. The van der Waals surface area contributed by atoms with Gasteiger partial charge in [-0.1, -0.05) is 159 Å². The fourth-order valence-electron chi connectivity index (χ4n) is 7.57. The van der Waals surface area contributed by atoms with Gasteiger partial charge >= 0.3 is 0 Å². The van der Waals surface area contributed by atoms with Gasteiger partial charge in [0.15, 0.2) is 0 Å². The van der Waals surface area contributed by atoms with Crippen LogP contribution in [0.4, 0.5) is 0 Å². The van der Waals surface area contributed by atoms with Crippen LogP contribution in [0, 0.1) is 0 Å². The molecule has 0 nitrogen and oxygen atoms in total. The van der Waals surface area contributed by atoms with E-state index in [1.807, 2.05) is 0 Å². The summed E-state index contributed by atoms with van der Waals surface area (Å²) in [7, 11) is 0. The lowest BCUT2D eigenvalue weighted by molar-refractivity contribution is 0.660. The number of hydrogen-bond acceptors (Lipinski definition) is 0. The highest BCUT2D eigenvalue weighted by molar-refractivity contribution is 5.92. The Bertz CT molecular complexity index is 2460. The molecule has 0 atom stereocenters. The van der Waals surface area contributed by atoms with Crippen molar-refractivity contribution in [3.8, 4) is 55.6 Å². The summed E-state index contributed by atoms with van der Waals surface area (Å²) >= 11 is 0. The predicted octanol–water partition coefficient (Wildman–Crippen LogP) is 13.0. The van der Waals surface area contributed by atoms with Gasteiger partial charge in [0.1, 0.15) is 0 Å². The first-order chi connectivity index (χ1) is 23.0. The van der Waals surface area contributed by atoms with Crippen molar-refractivity contribution in [3.63, 3.8) is 0 Å². The van der Waals surface area contributed by atoms with E-state index in [1.54, 1.807) is 0 Å². The molecule has 0 heteroatoms. The maximum atomic E-state index is 2.40. The molecule has 0 heterocycles. The molecule has 0 saturated heterocycles. The highest BCUT2D eigenvalue weighted by Gasteiger charge is 2.35. The average Bonchev–Trinajstić information content (AvgIpc) is 3.36. The van der Waals surface area contributed by atoms with E-state index in [2.05, 4.69) is 184 Å². The van der Waals surface area contributed by atoms with Crippen molar-refractivity contribution in [2.75, 3.05) is 0 Å². The second kappa shape index (κ2) is 10.7. The van der Waals surface area contributed by atoms with Crippen LogP contribution in [-0.2, 0) is 5.41 Å². The minimum atomic E-state index is 0.00811. The Hall–Kier alpha value is -5.72. The van der Waals surface area contributed by atoms with Crippen molar-refractivity contribution in [2.45, 2.75) is 19.3 Å². The van der Waals surface area contributed by atoms with Crippen LogP contribution in [0.25, 0.3) is 77.2 Å². The normalized spacial score (nSPS) is 13.1. The van der Waals surface area contributed by atoms with E-state index < -0.39 is 0 Å². The van der Waals surface area contributed by atoms with Crippen LogP contribution >= 0.6 is 0 Å². The second-order valence-corrected chi connectivity index (χ2v) is 13.4. The van der Waals surface area contributed by atoms with Crippen LogP contribution < -0.4 is 0 Å². The fraction of sp³-hybridized carbons (Fsp3) is 0.0638. The third-order valence-corrected chi connectivity index (χ3v) is 10.3.